The fraction of sp³-hybridized carbons (Fsp3) is 0.462. The Morgan fingerprint density at radius 1 is 1.29 bits per heavy atom. The number of ether oxygens (including phenoxy) is 1. The molecule has 1 aromatic carbocycles. The number of rotatable bonds is 3. The molecule has 1 aromatic rings. The van der Waals surface area contributed by atoms with E-state index in [1.54, 1.807) is 30.3 Å². The first-order chi connectivity index (χ1) is 9.63. The van der Waals surface area contributed by atoms with E-state index in [4.69, 9.17) is 0 Å². The van der Waals surface area contributed by atoms with Crippen LogP contribution >= 0.6 is 0 Å². The molecule has 1 aliphatic rings. The van der Waals surface area contributed by atoms with Crippen molar-refractivity contribution in [3.63, 3.8) is 0 Å². The van der Waals surface area contributed by atoms with Gasteiger partial charge in [0.05, 0.1) is 6.10 Å². The molecular formula is C13H15F2NO5. The summed E-state index contributed by atoms with van der Waals surface area (Å²) in [6.45, 7) is 0.789. The van der Waals surface area contributed by atoms with Gasteiger partial charge in [0.15, 0.2) is 0 Å². The summed E-state index contributed by atoms with van der Waals surface area (Å²) in [6.07, 6.45) is -5.57. The monoisotopic (exact) mass is 303 g/mol. The van der Waals surface area contributed by atoms with Crippen LogP contribution in [0.1, 0.15) is 12.5 Å². The normalized spacial score (nSPS) is 26.0. The molecule has 21 heavy (non-hydrogen) atoms. The summed E-state index contributed by atoms with van der Waals surface area (Å²) in [5, 5.41) is 28.0. The van der Waals surface area contributed by atoms with Gasteiger partial charge in [-0.2, -0.15) is 8.78 Å². The summed E-state index contributed by atoms with van der Waals surface area (Å²) in [5.41, 5.74) is 0.491. The lowest BCUT2D eigenvalue weighted by molar-refractivity contribution is -0.380. The molecule has 1 aliphatic heterocycles. The molecule has 0 radical (unpaired) electrons. The van der Waals surface area contributed by atoms with E-state index in [1.165, 1.54) is 0 Å². The topological polar surface area (TPSA) is 90.2 Å². The molecule has 0 aromatic heterocycles. The third-order valence-electron chi connectivity index (χ3n) is 3.22. The van der Waals surface area contributed by atoms with Crippen LogP contribution in [0.25, 0.3) is 0 Å². The zero-order valence-electron chi connectivity index (χ0n) is 11.1. The third kappa shape index (κ3) is 3.18. The zero-order chi connectivity index (χ0) is 15.8. The van der Waals surface area contributed by atoms with E-state index in [0.717, 1.165) is 6.92 Å². The van der Waals surface area contributed by atoms with E-state index in [2.05, 4.69) is 4.74 Å². The van der Waals surface area contributed by atoms with Crippen molar-refractivity contribution < 1.29 is 33.6 Å². The number of amides is 1. The lowest BCUT2D eigenvalue weighted by Gasteiger charge is -2.45. The van der Waals surface area contributed by atoms with E-state index in [1.807, 2.05) is 0 Å². The Bertz CT molecular complexity index is 517. The Labute approximate surface area is 119 Å². The maximum Gasteiger partial charge on any atom is 0.437 e. The van der Waals surface area contributed by atoms with Gasteiger partial charge in [0.1, 0.15) is 6.04 Å². The smallest absolute Gasteiger partial charge is 0.342 e. The van der Waals surface area contributed by atoms with Crippen LogP contribution < -0.4 is 0 Å². The summed E-state index contributed by atoms with van der Waals surface area (Å²) < 4.78 is 31.2. The van der Waals surface area contributed by atoms with Gasteiger partial charge in [-0.15, -0.1) is 0 Å². The van der Waals surface area contributed by atoms with Crippen molar-refractivity contribution in [3.8, 4) is 0 Å². The first-order valence-electron chi connectivity index (χ1n) is 6.20. The van der Waals surface area contributed by atoms with Gasteiger partial charge in [0.25, 0.3) is 5.97 Å². The van der Waals surface area contributed by atoms with E-state index in [0.29, 0.717) is 10.5 Å². The Balaban J connectivity index is 2.36. The first kappa shape index (κ1) is 15.8. The second kappa shape index (κ2) is 5.30. The second-order valence-electron chi connectivity index (χ2n) is 4.89. The number of hydrogen-bond donors (Lipinski definition) is 3. The van der Waals surface area contributed by atoms with Crippen LogP contribution in [-0.2, 0) is 16.1 Å². The van der Waals surface area contributed by atoms with Gasteiger partial charge in [0, 0.05) is 6.54 Å². The van der Waals surface area contributed by atoms with Gasteiger partial charge < -0.3 is 25.0 Å². The van der Waals surface area contributed by atoms with E-state index < -0.39 is 30.1 Å². The van der Waals surface area contributed by atoms with Crippen LogP contribution in [0.15, 0.2) is 30.3 Å². The number of carbonyl (C=O) groups excluding carboxylic acids is 1. The molecule has 0 saturated carbocycles. The number of carbonyl (C=O) groups is 1. The molecule has 1 heterocycles. The van der Waals surface area contributed by atoms with Crippen molar-refractivity contribution in [2.24, 2.45) is 0 Å². The fourth-order valence-electron chi connectivity index (χ4n) is 2.37. The third-order valence-corrected chi connectivity index (χ3v) is 3.22. The number of alkyl halides is 2. The van der Waals surface area contributed by atoms with E-state index in [-0.39, 0.29) is 6.54 Å². The predicted molar refractivity (Wildman–Crippen MR) is 65.7 cm³/mol. The maximum absolute atomic E-state index is 13.5. The number of benzene rings is 1. The number of halogens is 2. The fourth-order valence-corrected chi connectivity index (χ4v) is 2.37. The highest BCUT2D eigenvalue weighted by molar-refractivity contribution is 5.83. The molecule has 1 amide bonds. The van der Waals surface area contributed by atoms with Crippen LogP contribution in [0.2, 0.25) is 0 Å². The number of nitrogens with zero attached hydrogens (tertiary/aromatic N) is 1. The van der Waals surface area contributed by atoms with Crippen molar-refractivity contribution in [2.45, 2.75) is 37.7 Å². The summed E-state index contributed by atoms with van der Waals surface area (Å²) in [6, 6.07) is 6.40. The Kier molecular flexibility index (Phi) is 3.98. The lowest BCUT2D eigenvalue weighted by Crippen LogP contribution is -2.67. The minimum absolute atomic E-state index is 0.322. The zero-order valence-corrected chi connectivity index (χ0v) is 11.1. The number of hydrogen-bond acceptors (Lipinski definition) is 5. The largest absolute Gasteiger partial charge is 0.437 e. The van der Waals surface area contributed by atoms with Crippen molar-refractivity contribution in [2.75, 3.05) is 0 Å². The van der Waals surface area contributed by atoms with Crippen LogP contribution in [0.3, 0.4) is 0 Å². The SMILES string of the molecule is CC1OC(F)(F)C(=O)N(Cc2ccccc2)C1C(O)(O)O. The molecule has 2 rings (SSSR count). The van der Waals surface area contributed by atoms with Gasteiger partial charge in [0.2, 0.25) is 0 Å². The summed E-state index contributed by atoms with van der Waals surface area (Å²) in [4.78, 5) is 12.3. The molecule has 0 spiro atoms. The van der Waals surface area contributed by atoms with Gasteiger partial charge in [-0.05, 0) is 12.5 Å². The quantitative estimate of drug-likeness (QED) is 0.685. The minimum Gasteiger partial charge on any atom is -0.342 e. The van der Waals surface area contributed by atoms with E-state index in [9.17, 15) is 28.9 Å². The highest BCUT2D eigenvalue weighted by atomic mass is 19.3. The average Bonchev–Trinajstić information content (AvgIpc) is 2.34. The lowest BCUT2D eigenvalue weighted by atomic mass is 10.0. The van der Waals surface area contributed by atoms with Crippen LogP contribution in [0.5, 0.6) is 0 Å². The summed E-state index contributed by atoms with van der Waals surface area (Å²) in [7, 11) is 0. The first-order valence-corrected chi connectivity index (χ1v) is 6.20. The highest BCUT2D eigenvalue weighted by Crippen LogP contribution is 2.34. The Morgan fingerprint density at radius 2 is 1.86 bits per heavy atom. The van der Waals surface area contributed by atoms with E-state index >= 15 is 0 Å². The molecule has 3 N–H and O–H groups in total. The van der Waals surface area contributed by atoms with Gasteiger partial charge in [-0.25, -0.2) is 0 Å². The van der Waals surface area contributed by atoms with Crippen LogP contribution in [0.4, 0.5) is 8.78 Å². The summed E-state index contributed by atoms with van der Waals surface area (Å²) in [5.74, 6) is -5.10. The number of morpholine rings is 1. The molecule has 1 fully saturated rings. The molecule has 6 nitrogen and oxygen atoms in total. The van der Waals surface area contributed by atoms with Crippen molar-refractivity contribution in [3.05, 3.63) is 35.9 Å². The Hall–Kier alpha value is -1.61. The predicted octanol–water partition coefficient (Wildman–Crippen LogP) is 0.0260. The Morgan fingerprint density at radius 3 is 2.38 bits per heavy atom. The van der Waals surface area contributed by atoms with Gasteiger partial charge >= 0.3 is 12.0 Å². The highest BCUT2D eigenvalue weighted by Gasteiger charge is 2.58. The number of aliphatic hydroxyl groups is 3. The molecule has 2 atom stereocenters. The minimum atomic E-state index is -4.09. The molecular weight excluding hydrogens is 288 g/mol. The molecule has 116 valence electrons. The van der Waals surface area contributed by atoms with Crippen molar-refractivity contribution in [1.82, 2.24) is 4.90 Å². The second-order valence-corrected chi connectivity index (χ2v) is 4.89. The standard InChI is InChI=1S/C13H15F2NO5/c1-8-10(13(18,19)20)16(11(17)12(14,15)21-8)7-9-5-3-2-4-6-9/h2-6,8,10,18-20H,7H2,1H3. The average molecular weight is 303 g/mol. The van der Waals surface area contributed by atoms with Crippen LogP contribution in [-0.4, -0.2) is 50.4 Å². The van der Waals surface area contributed by atoms with Crippen molar-refractivity contribution >= 4 is 5.91 Å². The van der Waals surface area contributed by atoms with Gasteiger partial charge in [-0.3, -0.25) is 4.79 Å². The van der Waals surface area contributed by atoms with Crippen LogP contribution in [0, 0.1) is 0 Å². The molecule has 0 bridgehead atoms. The molecule has 8 heteroatoms. The molecule has 0 aliphatic carbocycles. The van der Waals surface area contributed by atoms with Crippen molar-refractivity contribution in [1.29, 1.82) is 0 Å². The molecule has 2 unspecified atom stereocenters. The maximum atomic E-state index is 13.5. The molecule has 1 saturated heterocycles. The van der Waals surface area contributed by atoms with Gasteiger partial charge in [-0.1, -0.05) is 30.3 Å². The summed E-state index contributed by atoms with van der Waals surface area (Å²) >= 11 is 0.